The van der Waals surface area contributed by atoms with Gasteiger partial charge in [0, 0.05) is 13.0 Å². The number of aliphatic imine (C=N–C) groups is 1. The molecule has 1 rings (SSSR count). The molecule has 0 aromatic heterocycles. The lowest BCUT2D eigenvalue weighted by Crippen LogP contribution is -1.92. The van der Waals surface area contributed by atoms with E-state index in [1.54, 1.807) is 6.26 Å². The van der Waals surface area contributed by atoms with Crippen molar-refractivity contribution < 1.29 is 4.74 Å². The molecule has 0 aromatic carbocycles. The van der Waals surface area contributed by atoms with Crippen molar-refractivity contribution in [2.75, 3.05) is 6.54 Å². The quantitative estimate of drug-likeness (QED) is 0.500. The van der Waals surface area contributed by atoms with Crippen molar-refractivity contribution >= 4 is 5.90 Å². The fourth-order valence-corrected chi connectivity index (χ4v) is 0.602. The molecule has 0 fully saturated rings. The van der Waals surface area contributed by atoms with E-state index in [4.69, 9.17) is 4.74 Å². The van der Waals surface area contributed by atoms with Gasteiger partial charge in [0.15, 0.2) is 5.90 Å². The number of hydrogen-bond acceptors (Lipinski definition) is 2. The average molecular weight is 111 g/mol. The van der Waals surface area contributed by atoms with Crippen LogP contribution in [-0.2, 0) is 4.74 Å². The fourth-order valence-electron chi connectivity index (χ4n) is 0.602. The maximum atomic E-state index is 4.96. The van der Waals surface area contributed by atoms with Crippen molar-refractivity contribution in [3.05, 3.63) is 12.3 Å². The maximum Gasteiger partial charge on any atom is 0.193 e. The normalized spacial score (nSPS) is 21.9. The van der Waals surface area contributed by atoms with E-state index in [1.165, 1.54) is 0 Å². The summed E-state index contributed by atoms with van der Waals surface area (Å²) in [5.41, 5.74) is 0. The minimum atomic E-state index is 0.816. The van der Waals surface area contributed by atoms with Gasteiger partial charge in [0.1, 0.15) is 0 Å². The third kappa shape index (κ3) is 1.09. The van der Waals surface area contributed by atoms with Crippen LogP contribution < -0.4 is 0 Å². The summed E-state index contributed by atoms with van der Waals surface area (Å²) in [5, 5.41) is 0. The lowest BCUT2D eigenvalue weighted by atomic mass is 10.4. The first-order valence-corrected chi connectivity index (χ1v) is 2.78. The van der Waals surface area contributed by atoms with E-state index in [1.807, 2.05) is 13.0 Å². The van der Waals surface area contributed by atoms with Crippen LogP contribution in [0.2, 0.25) is 0 Å². The lowest BCUT2D eigenvalue weighted by molar-refractivity contribution is 0.479. The first-order chi connectivity index (χ1) is 3.93. The molecule has 0 bridgehead atoms. The van der Waals surface area contributed by atoms with E-state index in [-0.39, 0.29) is 0 Å². The Morgan fingerprint density at radius 3 is 3.25 bits per heavy atom. The van der Waals surface area contributed by atoms with Crippen LogP contribution in [0, 0.1) is 0 Å². The Morgan fingerprint density at radius 1 is 1.88 bits per heavy atom. The Bertz CT molecular complexity index is 116. The van der Waals surface area contributed by atoms with Gasteiger partial charge in [-0.3, -0.25) is 4.99 Å². The number of rotatable bonds is 1. The highest BCUT2D eigenvalue weighted by Crippen LogP contribution is 2.00. The van der Waals surface area contributed by atoms with Gasteiger partial charge in [-0.25, -0.2) is 0 Å². The SMILES string of the molecule is CCN=C1CC=CO1. The molecule has 0 amide bonds. The summed E-state index contributed by atoms with van der Waals surface area (Å²) in [7, 11) is 0. The summed E-state index contributed by atoms with van der Waals surface area (Å²) < 4.78 is 4.96. The topological polar surface area (TPSA) is 21.6 Å². The molecule has 0 radical (unpaired) electrons. The summed E-state index contributed by atoms with van der Waals surface area (Å²) in [5.74, 6) is 0.840. The van der Waals surface area contributed by atoms with Crippen LogP contribution in [0.3, 0.4) is 0 Å². The molecule has 0 spiro atoms. The first-order valence-electron chi connectivity index (χ1n) is 2.78. The maximum absolute atomic E-state index is 4.96. The monoisotopic (exact) mass is 111 g/mol. The van der Waals surface area contributed by atoms with E-state index >= 15 is 0 Å². The van der Waals surface area contributed by atoms with Gasteiger partial charge in [0.2, 0.25) is 0 Å². The van der Waals surface area contributed by atoms with Crippen molar-refractivity contribution in [3.63, 3.8) is 0 Å². The predicted molar refractivity (Wildman–Crippen MR) is 32.8 cm³/mol. The molecular weight excluding hydrogens is 102 g/mol. The largest absolute Gasteiger partial charge is 0.451 e. The van der Waals surface area contributed by atoms with Crippen molar-refractivity contribution in [1.82, 2.24) is 0 Å². The highest BCUT2D eigenvalue weighted by molar-refractivity contribution is 5.80. The second kappa shape index (κ2) is 2.50. The molecule has 0 aromatic rings. The first kappa shape index (κ1) is 5.35. The van der Waals surface area contributed by atoms with Gasteiger partial charge >= 0.3 is 0 Å². The summed E-state index contributed by atoms with van der Waals surface area (Å²) >= 11 is 0. The summed E-state index contributed by atoms with van der Waals surface area (Å²) in [4.78, 5) is 4.06. The minimum Gasteiger partial charge on any atom is -0.451 e. The zero-order valence-corrected chi connectivity index (χ0v) is 4.92. The second-order valence-corrected chi connectivity index (χ2v) is 1.56. The third-order valence-corrected chi connectivity index (χ3v) is 0.927. The summed E-state index contributed by atoms with van der Waals surface area (Å²) in [6.07, 6.45) is 4.50. The second-order valence-electron chi connectivity index (χ2n) is 1.56. The standard InChI is InChI=1S/C6H9NO/c1-2-7-6-4-3-5-8-6/h3,5H,2,4H2,1H3. The Labute approximate surface area is 48.9 Å². The average Bonchev–Trinajstić information content (AvgIpc) is 2.19. The zero-order valence-electron chi connectivity index (χ0n) is 4.92. The van der Waals surface area contributed by atoms with Crippen LogP contribution >= 0.6 is 0 Å². The van der Waals surface area contributed by atoms with Gasteiger partial charge < -0.3 is 4.74 Å². The molecule has 0 saturated heterocycles. The Balaban J connectivity index is 2.39. The molecule has 0 saturated carbocycles. The van der Waals surface area contributed by atoms with Crippen LogP contribution in [0.1, 0.15) is 13.3 Å². The minimum absolute atomic E-state index is 0.816. The zero-order chi connectivity index (χ0) is 5.82. The van der Waals surface area contributed by atoms with Gasteiger partial charge in [-0.05, 0) is 13.0 Å². The molecule has 1 aliphatic heterocycles. The predicted octanol–water partition coefficient (Wildman–Crippen LogP) is 1.34. The van der Waals surface area contributed by atoms with Crippen molar-refractivity contribution in [1.29, 1.82) is 0 Å². The molecule has 0 N–H and O–H groups in total. The Hall–Kier alpha value is -0.790. The molecule has 2 heteroatoms. The van der Waals surface area contributed by atoms with Gasteiger partial charge in [-0.15, -0.1) is 0 Å². The molecule has 1 heterocycles. The van der Waals surface area contributed by atoms with Crippen LogP contribution in [0.25, 0.3) is 0 Å². The molecule has 0 unspecified atom stereocenters. The lowest BCUT2D eigenvalue weighted by Gasteiger charge is -1.91. The summed E-state index contributed by atoms with van der Waals surface area (Å²) in [6.45, 7) is 2.81. The highest BCUT2D eigenvalue weighted by atomic mass is 16.5. The van der Waals surface area contributed by atoms with Crippen LogP contribution in [0.15, 0.2) is 17.3 Å². The molecule has 0 aliphatic carbocycles. The van der Waals surface area contributed by atoms with Crippen molar-refractivity contribution in [2.24, 2.45) is 4.99 Å². The summed E-state index contributed by atoms with van der Waals surface area (Å²) in [6, 6.07) is 0. The van der Waals surface area contributed by atoms with E-state index in [2.05, 4.69) is 4.99 Å². The fraction of sp³-hybridized carbons (Fsp3) is 0.500. The molecular formula is C6H9NO. The smallest absolute Gasteiger partial charge is 0.193 e. The highest BCUT2D eigenvalue weighted by Gasteiger charge is 1.99. The molecule has 0 atom stereocenters. The van der Waals surface area contributed by atoms with Gasteiger partial charge in [-0.1, -0.05) is 0 Å². The van der Waals surface area contributed by atoms with Crippen molar-refractivity contribution in [2.45, 2.75) is 13.3 Å². The van der Waals surface area contributed by atoms with Gasteiger partial charge in [0.05, 0.1) is 6.26 Å². The Kier molecular flexibility index (Phi) is 1.67. The van der Waals surface area contributed by atoms with E-state index in [0.717, 1.165) is 18.9 Å². The Morgan fingerprint density at radius 2 is 2.75 bits per heavy atom. The molecule has 2 nitrogen and oxygen atoms in total. The van der Waals surface area contributed by atoms with Crippen LogP contribution in [-0.4, -0.2) is 12.4 Å². The molecule has 44 valence electrons. The van der Waals surface area contributed by atoms with E-state index in [0.29, 0.717) is 0 Å². The van der Waals surface area contributed by atoms with Gasteiger partial charge in [-0.2, -0.15) is 0 Å². The number of ether oxygens (including phenoxy) is 1. The van der Waals surface area contributed by atoms with E-state index < -0.39 is 0 Å². The van der Waals surface area contributed by atoms with Crippen LogP contribution in [0.4, 0.5) is 0 Å². The van der Waals surface area contributed by atoms with E-state index in [9.17, 15) is 0 Å². The number of nitrogens with zero attached hydrogens (tertiary/aromatic N) is 1. The molecule has 1 aliphatic rings. The van der Waals surface area contributed by atoms with Gasteiger partial charge in [0.25, 0.3) is 0 Å². The molecule has 8 heavy (non-hydrogen) atoms. The third-order valence-electron chi connectivity index (χ3n) is 0.927. The van der Waals surface area contributed by atoms with Crippen LogP contribution in [0.5, 0.6) is 0 Å². The van der Waals surface area contributed by atoms with Crippen molar-refractivity contribution in [3.8, 4) is 0 Å². The number of hydrogen-bond donors (Lipinski definition) is 0.